The van der Waals surface area contributed by atoms with Crippen molar-refractivity contribution in [3.05, 3.63) is 23.4 Å². The molecule has 1 aromatic rings. The average molecular weight is 287 g/mol. The zero-order chi connectivity index (χ0) is 14.8. The fourth-order valence-corrected chi connectivity index (χ4v) is 3.84. The molecule has 2 aliphatic rings. The predicted octanol–water partition coefficient (Wildman–Crippen LogP) is 2.99. The van der Waals surface area contributed by atoms with E-state index in [1.165, 1.54) is 25.7 Å². The third-order valence-corrected chi connectivity index (χ3v) is 4.92. The van der Waals surface area contributed by atoms with Crippen molar-refractivity contribution in [2.75, 3.05) is 11.9 Å². The number of fused-ring (bicyclic) bond motifs is 2. The molecule has 4 heteroatoms. The number of carbonyl (C=O) groups excluding carboxylic acids is 1. The third-order valence-electron chi connectivity index (χ3n) is 4.92. The molecule has 0 radical (unpaired) electrons. The molecule has 3 rings (SSSR count). The zero-order valence-electron chi connectivity index (χ0n) is 13.0. The molecule has 0 spiro atoms. The normalized spacial score (nSPS) is 26.9. The molecule has 2 fully saturated rings. The Morgan fingerprint density at radius 1 is 1.29 bits per heavy atom. The highest BCUT2D eigenvalue weighted by molar-refractivity contribution is 5.95. The SMILES string of the molecule is CCNc1cc(C(=O)NC2CC3CCC2C3)cc(CC)n1. The van der Waals surface area contributed by atoms with Crippen LogP contribution in [0.5, 0.6) is 0 Å². The average Bonchev–Trinajstić information content (AvgIpc) is 3.09. The van der Waals surface area contributed by atoms with E-state index >= 15 is 0 Å². The molecule has 3 atom stereocenters. The fourth-order valence-electron chi connectivity index (χ4n) is 3.84. The highest BCUT2D eigenvalue weighted by Crippen LogP contribution is 2.44. The van der Waals surface area contributed by atoms with Gasteiger partial charge >= 0.3 is 0 Å². The van der Waals surface area contributed by atoms with E-state index in [0.717, 1.165) is 36.0 Å². The van der Waals surface area contributed by atoms with E-state index in [-0.39, 0.29) is 5.91 Å². The molecule has 0 aliphatic heterocycles. The van der Waals surface area contributed by atoms with Gasteiger partial charge in [-0.2, -0.15) is 0 Å². The Kier molecular flexibility index (Phi) is 4.13. The van der Waals surface area contributed by atoms with Crippen LogP contribution < -0.4 is 10.6 Å². The largest absolute Gasteiger partial charge is 0.370 e. The van der Waals surface area contributed by atoms with Crippen LogP contribution >= 0.6 is 0 Å². The van der Waals surface area contributed by atoms with Crippen molar-refractivity contribution in [3.8, 4) is 0 Å². The van der Waals surface area contributed by atoms with Crippen molar-refractivity contribution >= 4 is 11.7 Å². The number of carbonyl (C=O) groups is 1. The van der Waals surface area contributed by atoms with Gasteiger partial charge in [0, 0.05) is 23.8 Å². The van der Waals surface area contributed by atoms with E-state index in [9.17, 15) is 4.79 Å². The molecule has 2 bridgehead atoms. The maximum Gasteiger partial charge on any atom is 0.251 e. The molecule has 114 valence electrons. The van der Waals surface area contributed by atoms with Crippen LogP contribution in [0.3, 0.4) is 0 Å². The van der Waals surface area contributed by atoms with Crippen molar-refractivity contribution in [2.24, 2.45) is 11.8 Å². The Labute approximate surface area is 126 Å². The summed E-state index contributed by atoms with van der Waals surface area (Å²) in [4.78, 5) is 17.0. The summed E-state index contributed by atoms with van der Waals surface area (Å²) in [5.41, 5.74) is 1.70. The number of anilines is 1. The van der Waals surface area contributed by atoms with E-state index in [1.54, 1.807) is 0 Å². The lowest BCUT2D eigenvalue weighted by Gasteiger charge is -2.23. The molecule has 2 N–H and O–H groups in total. The minimum Gasteiger partial charge on any atom is -0.370 e. The van der Waals surface area contributed by atoms with Crippen LogP contribution in [0.2, 0.25) is 0 Å². The number of amides is 1. The minimum absolute atomic E-state index is 0.0591. The second-order valence-corrected chi connectivity index (χ2v) is 6.37. The third kappa shape index (κ3) is 3.04. The van der Waals surface area contributed by atoms with Gasteiger partial charge in [0.25, 0.3) is 5.91 Å². The van der Waals surface area contributed by atoms with Crippen LogP contribution in [0.15, 0.2) is 12.1 Å². The summed E-state index contributed by atoms with van der Waals surface area (Å²) in [7, 11) is 0. The summed E-state index contributed by atoms with van der Waals surface area (Å²) < 4.78 is 0. The maximum atomic E-state index is 12.5. The Morgan fingerprint density at radius 2 is 2.14 bits per heavy atom. The summed E-state index contributed by atoms with van der Waals surface area (Å²) >= 11 is 0. The fraction of sp³-hybridized carbons (Fsp3) is 0.647. The lowest BCUT2D eigenvalue weighted by molar-refractivity contribution is 0.0922. The predicted molar refractivity (Wildman–Crippen MR) is 84.5 cm³/mol. The maximum absolute atomic E-state index is 12.5. The van der Waals surface area contributed by atoms with E-state index in [1.807, 2.05) is 19.1 Å². The molecule has 0 saturated heterocycles. The number of hydrogen-bond acceptors (Lipinski definition) is 3. The molecular weight excluding hydrogens is 262 g/mol. The standard InChI is InChI=1S/C17H25N3O/c1-3-14-9-13(10-16(19-14)18-4-2)17(21)20-15-8-11-5-6-12(15)7-11/h9-12,15H,3-8H2,1-2H3,(H,18,19)(H,20,21). The first kappa shape index (κ1) is 14.4. The number of nitrogens with one attached hydrogen (secondary N) is 2. The smallest absolute Gasteiger partial charge is 0.251 e. The van der Waals surface area contributed by atoms with Gasteiger partial charge in [0.15, 0.2) is 0 Å². The molecule has 1 heterocycles. The molecule has 2 aliphatic carbocycles. The van der Waals surface area contributed by atoms with Gasteiger partial charge in [-0.15, -0.1) is 0 Å². The minimum atomic E-state index is 0.0591. The van der Waals surface area contributed by atoms with E-state index in [0.29, 0.717) is 12.0 Å². The van der Waals surface area contributed by atoms with E-state index in [4.69, 9.17) is 0 Å². The van der Waals surface area contributed by atoms with Gasteiger partial charge in [0.1, 0.15) is 5.82 Å². The van der Waals surface area contributed by atoms with Crippen LogP contribution in [-0.2, 0) is 6.42 Å². The Bertz CT molecular complexity index is 529. The summed E-state index contributed by atoms with van der Waals surface area (Å²) in [5.74, 6) is 2.42. The number of hydrogen-bond donors (Lipinski definition) is 2. The molecule has 4 nitrogen and oxygen atoms in total. The van der Waals surface area contributed by atoms with Crippen molar-refractivity contribution in [1.82, 2.24) is 10.3 Å². The van der Waals surface area contributed by atoms with Crippen LogP contribution in [0.25, 0.3) is 0 Å². The molecule has 21 heavy (non-hydrogen) atoms. The number of aromatic nitrogens is 1. The van der Waals surface area contributed by atoms with Gasteiger partial charge < -0.3 is 10.6 Å². The number of aryl methyl sites for hydroxylation is 1. The van der Waals surface area contributed by atoms with Crippen LogP contribution in [0.1, 0.15) is 55.6 Å². The lowest BCUT2D eigenvalue weighted by Crippen LogP contribution is -2.38. The molecule has 2 saturated carbocycles. The first-order valence-electron chi connectivity index (χ1n) is 8.25. The van der Waals surface area contributed by atoms with E-state index in [2.05, 4.69) is 22.5 Å². The van der Waals surface area contributed by atoms with E-state index < -0.39 is 0 Å². The van der Waals surface area contributed by atoms with Gasteiger partial charge in [0.05, 0.1) is 0 Å². The van der Waals surface area contributed by atoms with Crippen LogP contribution in [0, 0.1) is 11.8 Å². The van der Waals surface area contributed by atoms with Gasteiger partial charge in [-0.3, -0.25) is 4.79 Å². The monoisotopic (exact) mass is 287 g/mol. The molecule has 0 aromatic carbocycles. The molecular formula is C17H25N3O. The number of rotatable bonds is 5. The number of pyridine rings is 1. The van der Waals surface area contributed by atoms with Gasteiger partial charge in [-0.25, -0.2) is 4.98 Å². The lowest BCUT2D eigenvalue weighted by atomic mass is 9.95. The van der Waals surface area contributed by atoms with Crippen molar-refractivity contribution in [1.29, 1.82) is 0 Å². The van der Waals surface area contributed by atoms with Gasteiger partial charge in [-0.05, 0) is 56.6 Å². The topological polar surface area (TPSA) is 54.0 Å². The van der Waals surface area contributed by atoms with Gasteiger partial charge in [-0.1, -0.05) is 13.3 Å². The second kappa shape index (κ2) is 6.04. The van der Waals surface area contributed by atoms with Crippen molar-refractivity contribution in [3.63, 3.8) is 0 Å². The summed E-state index contributed by atoms with van der Waals surface area (Å²) in [5, 5.41) is 6.46. The highest BCUT2D eigenvalue weighted by atomic mass is 16.1. The quantitative estimate of drug-likeness (QED) is 0.875. The zero-order valence-corrected chi connectivity index (χ0v) is 13.0. The Morgan fingerprint density at radius 3 is 2.76 bits per heavy atom. The van der Waals surface area contributed by atoms with Crippen molar-refractivity contribution < 1.29 is 4.79 Å². The highest BCUT2D eigenvalue weighted by Gasteiger charge is 2.40. The second-order valence-electron chi connectivity index (χ2n) is 6.37. The van der Waals surface area contributed by atoms with Crippen molar-refractivity contribution in [2.45, 2.75) is 52.0 Å². The number of nitrogens with zero attached hydrogens (tertiary/aromatic N) is 1. The first-order chi connectivity index (χ1) is 10.2. The molecule has 3 unspecified atom stereocenters. The Hall–Kier alpha value is -1.58. The first-order valence-corrected chi connectivity index (χ1v) is 8.25. The molecule has 1 aromatic heterocycles. The van der Waals surface area contributed by atoms with Crippen LogP contribution in [-0.4, -0.2) is 23.5 Å². The van der Waals surface area contributed by atoms with Crippen LogP contribution in [0.4, 0.5) is 5.82 Å². The summed E-state index contributed by atoms with van der Waals surface area (Å²) in [6, 6.07) is 4.17. The van der Waals surface area contributed by atoms with Gasteiger partial charge in [0.2, 0.25) is 0 Å². The summed E-state index contributed by atoms with van der Waals surface area (Å²) in [6.07, 6.45) is 5.96. The Balaban J connectivity index is 1.72. The molecule has 1 amide bonds. The summed E-state index contributed by atoms with van der Waals surface area (Å²) in [6.45, 7) is 4.92.